The molecular formula is C18H28N2O. The SMILES string of the molecule is Cc1cccc(C(O)CN2CCC3C(CCCN3C)C2)c1. The highest BCUT2D eigenvalue weighted by Crippen LogP contribution is 2.30. The lowest BCUT2D eigenvalue weighted by Crippen LogP contribution is -2.53. The van der Waals surface area contributed by atoms with Crippen LogP contribution in [-0.4, -0.2) is 54.2 Å². The summed E-state index contributed by atoms with van der Waals surface area (Å²) in [5.74, 6) is 0.794. The molecule has 0 amide bonds. The summed E-state index contributed by atoms with van der Waals surface area (Å²) in [6.07, 6.45) is 3.57. The second-order valence-corrected chi connectivity index (χ2v) is 6.93. The number of fused-ring (bicyclic) bond motifs is 1. The number of aryl methyl sites for hydroxylation is 1. The van der Waals surface area contributed by atoms with Gasteiger partial charge in [0.1, 0.15) is 0 Å². The van der Waals surface area contributed by atoms with E-state index in [0.29, 0.717) is 0 Å². The van der Waals surface area contributed by atoms with E-state index < -0.39 is 0 Å². The maximum Gasteiger partial charge on any atom is 0.0917 e. The van der Waals surface area contributed by atoms with E-state index >= 15 is 0 Å². The summed E-state index contributed by atoms with van der Waals surface area (Å²) in [5, 5.41) is 10.5. The molecule has 3 nitrogen and oxygen atoms in total. The summed E-state index contributed by atoms with van der Waals surface area (Å²) < 4.78 is 0. The Morgan fingerprint density at radius 2 is 2.14 bits per heavy atom. The molecule has 0 aliphatic carbocycles. The number of likely N-dealkylation sites (tertiary alicyclic amines) is 2. The predicted octanol–water partition coefficient (Wildman–Crippen LogP) is 2.44. The molecule has 1 N–H and O–H groups in total. The number of piperidine rings is 2. The molecule has 3 rings (SSSR count). The van der Waals surface area contributed by atoms with E-state index in [-0.39, 0.29) is 6.10 Å². The fraction of sp³-hybridized carbons (Fsp3) is 0.667. The molecule has 2 fully saturated rings. The molecule has 2 aliphatic rings. The van der Waals surface area contributed by atoms with Crippen molar-refractivity contribution in [3.63, 3.8) is 0 Å². The Morgan fingerprint density at radius 1 is 1.29 bits per heavy atom. The molecular weight excluding hydrogens is 260 g/mol. The van der Waals surface area contributed by atoms with Gasteiger partial charge in [-0.3, -0.25) is 0 Å². The highest BCUT2D eigenvalue weighted by molar-refractivity contribution is 5.24. The molecule has 3 heteroatoms. The third kappa shape index (κ3) is 3.47. The summed E-state index contributed by atoms with van der Waals surface area (Å²) in [4.78, 5) is 5.01. The lowest BCUT2D eigenvalue weighted by atomic mass is 9.84. The van der Waals surface area contributed by atoms with Crippen LogP contribution in [-0.2, 0) is 0 Å². The molecule has 21 heavy (non-hydrogen) atoms. The minimum Gasteiger partial charge on any atom is -0.387 e. The number of hydrogen-bond acceptors (Lipinski definition) is 3. The Bertz CT molecular complexity index is 476. The van der Waals surface area contributed by atoms with Crippen molar-refractivity contribution in [2.75, 3.05) is 33.2 Å². The van der Waals surface area contributed by atoms with Crippen molar-refractivity contribution in [3.05, 3.63) is 35.4 Å². The zero-order chi connectivity index (χ0) is 14.8. The molecule has 0 spiro atoms. The van der Waals surface area contributed by atoms with Crippen LogP contribution in [0.25, 0.3) is 0 Å². The Morgan fingerprint density at radius 3 is 2.95 bits per heavy atom. The lowest BCUT2D eigenvalue weighted by molar-refractivity contribution is 0.0174. The maximum absolute atomic E-state index is 10.5. The monoisotopic (exact) mass is 288 g/mol. The van der Waals surface area contributed by atoms with Crippen LogP contribution in [0.15, 0.2) is 24.3 Å². The average molecular weight is 288 g/mol. The Hall–Kier alpha value is -0.900. The van der Waals surface area contributed by atoms with Crippen molar-refractivity contribution in [1.29, 1.82) is 0 Å². The number of aliphatic hydroxyl groups excluding tert-OH is 1. The summed E-state index contributed by atoms with van der Waals surface area (Å²) in [6.45, 7) is 6.38. The number of rotatable bonds is 3. The van der Waals surface area contributed by atoms with Crippen LogP contribution in [0.3, 0.4) is 0 Å². The maximum atomic E-state index is 10.5. The van der Waals surface area contributed by atoms with Gasteiger partial charge in [-0.15, -0.1) is 0 Å². The van der Waals surface area contributed by atoms with Gasteiger partial charge in [-0.05, 0) is 57.8 Å². The normalized spacial score (nSPS) is 29.1. The average Bonchev–Trinajstić information content (AvgIpc) is 2.47. The van der Waals surface area contributed by atoms with Crippen molar-refractivity contribution in [2.45, 2.75) is 38.3 Å². The van der Waals surface area contributed by atoms with Gasteiger partial charge in [0.25, 0.3) is 0 Å². The third-order valence-electron chi connectivity index (χ3n) is 5.29. The first-order chi connectivity index (χ1) is 10.1. The van der Waals surface area contributed by atoms with Crippen molar-refractivity contribution in [3.8, 4) is 0 Å². The number of benzene rings is 1. The van der Waals surface area contributed by atoms with Gasteiger partial charge >= 0.3 is 0 Å². The number of hydrogen-bond donors (Lipinski definition) is 1. The van der Waals surface area contributed by atoms with Crippen molar-refractivity contribution >= 4 is 0 Å². The fourth-order valence-electron chi connectivity index (χ4n) is 4.12. The van der Waals surface area contributed by atoms with E-state index in [0.717, 1.165) is 37.2 Å². The Balaban J connectivity index is 1.59. The quantitative estimate of drug-likeness (QED) is 0.925. The standard InChI is InChI=1S/C18H28N2O/c1-14-5-3-6-15(11-14)18(21)13-20-10-8-17-16(12-20)7-4-9-19(17)2/h3,5-6,11,16-18,21H,4,7-10,12-13H2,1-2H3. The highest BCUT2D eigenvalue weighted by atomic mass is 16.3. The first-order valence-corrected chi connectivity index (χ1v) is 8.30. The third-order valence-corrected chi connectivity index (χ3v) is 5.29. The number of β-amino-alcohol motifs (C(OH)–C–C–N with tert-alkyl or cyclic N) is 1. The first kappa shape index (κ1) is 15.0. The largest absolute Gasteiger partial charge is 0.387 e. The predicted molar refractivity (Wildman–Crippen MR) is 86.3 cm³/mol. The molecule has 2 heterocycles. The summed E-state index contributed by atoms with van der Waals surface area (Å²) in [6, 6.07) is 9.03. The van der Waals surface area contributed by atoms with E-state index in [1.54, 1.807) is 0 Å². The molecule has 0 saturated carbocycles. The summed E-state index contributed by atoms with van der Waals surface area (Å²) in [7, 11) is 2.27. The van der Waals surface area contributed by atoms with Gasteiger partial charge in [0, 0.05) is 19.1 Å². The molecule has 116 valence electrons. The van der Waals surface area contributed by atoms with Crippen LogP contribution in [0, 0.1) is 12.8 Å². The molecule has 2 aliphatic heterocycles. The molecule has 2 saturated heterocycles. The van der Waals surface area contributed by atoms with Crippen LogP contribution in [0.4, 0.5) is 0 Å². The van der Waals surface area contributed by atoms with Crippen LogP contribution in [0.5, 0.6) is 0 Å². The van der Waals surface area contributed by atoms with Crippen molar-refractivity contribution in [2.24, 2.45) is 5.92 Å². The molecule has 0 bridgehead atoms. The first-order valence-electron chi connectivity index (χ1n) is 8.30. The molecule has 3 atom stereocenters. The highest BCUT2D eigenvalue weighted by Gasteiger charge is 2.34. The minimum atomic E-state index is -0.359. The summed E-state index contributed by atoms with van der Waals surface area (Å²) in [5.41, 5.74) is 2.28. The van der Waals surface area contributed by atoms with Crippen LogP contribution < -0.4 is 0 Å². The van der Waals surface area contributed by atoms with E-state index in [4.69, 9.17) is 0 Å². The van der Waals surface area contributed by atoms with Crippen LogP contribution in [0.2, 0.25) is 0 Å². The zero-order valence-corrected chi connectivity index (χ0v) is 13.3. The topological polar surface area (TPSA) is 26.7 Å². The van der Waals surface area contributed by atoms with E-state index in [2.05, 4.69) is 35.9 Å². The smallest absolute Gasteiger partial charge is 0.0917 e. The van der Waals surface area contributed by atoms with Gasteiger partial charge in [-0.2, -0.15) is 0 Å². The van der Waals surface area contributed by atoms with Crippen molar-refractivity contribution in [1.82, 2.24) is 9.80 Å². The summed E-state index contributed by atoms with van der Waals surface area (Å²) >= 11 is 0. The van der Waals surface area contributed by atoms with E-state index in [1.807, 2.05) is 12.1 Å². The minimum absolute atomic E-state index is 0.359. The van der Waals surface area contributed by atoms with Gasteiger partial charge in [0.05, 0.1) is 6.10 Å². The second kappa shape index (κ2) is 6.47. The molecule has 3 unspecified atom stereocenters. The Labute approximate surface area is 128 Å². The van der Waals surface area contributed by atoms with Gasteiger partial charge in [-0.25, -0.2) is 0 Å². The fourth-order valence-corrected chi connectivity index (χ4v) is 4.12. The zero-order valence-electron chi connectivity index (χ0n) is 13.3. The van der Waals surface area contributed by atoms with Crippen molar-refractivity contribution < 1.29 is 5.11 Å². The molecule has 1 aromatic rings. The molecule has 1 aromatic carbocycles. The number of aliphatic hydroxyl groups is 1. The van der Waals surface area contributed by atoms with Gasteiger partial charge in [0.15, 0.2) is 0 Å². The van der Waals surface area contributed by atoms with Crippen LogP contribution in [0.1, 0.15) is 36.5 Å². The van der Waals surface area contributed by atoms with E-state index in [1.165, 1.54) is 31.4 Å². The van der Waals surface area contributed by atoms with E-state index in [9.17, 15) is 5.11 Å². The van der Waals surface area contributed by atoms with Gasteiger partial charge in [-0.1, -0.05) is 29.8 Å². The van der Waals surface area contributed by atoms with Crippen LogP contribution >= 0.6 is 0 Å². The second-order valence-electron chi connectivity index (χ2n) is 6.93. The molecule has 0 aromatic heterocycles. The lowest BCUT2D eigenvalue weighted by Gasteiger charge is -2.46. The molecule has 0 radical (unpaired) electrons. The Kier molecular flexibility index (Phi) is 4.63. The number of nitrogens with zero attached hydrogens (tertiary/aromatic N) is 2. The van der Waals surface area contributed by atoms with Gasteiger partial charge in [0.2, 0.25) is 0 Å². The van der Waals surface area contributed by atoms with Gasteiger partial charge < -0.3 is 14.9 Å².